The maximum Gasteiger partial charge on any atom is 0.0592 e. The average molecular weight is 116 g/mol. The summed E-state index contributed by atoms with van der Waals surface area (Å²) in [6, 6.07) is 0.0451. The quantitative estimate of drug-likeness (QED) is 0.496. The summed E-state index contributed by atoms with van der Waals surface area (Å²) < 4.78 is 11.5. The zero-order valence-electron chi connectivity index (χ0n) is 4.94. The van der Waals surface area contributed by atoms with E-state index < -0.39 is 0 Å². The van der Waals surface area contributed by atoms with Crippen molar-refractivity contribution in [3.05, 3.63) is 0 Å². The molecule has 0 amide bonds. The van der Waals surface area contributed by atoms with Crippen molar-refractivity contribution >= 4 is 0 Å². The smallest absolute Gasteiger partial charge is 0.0592 e. The van der Waals surface area contributed by atoms with Crippen LogP contribution >= 0.6 is 0 Å². The molecule has 0 unspecified atom stereocenters. The maximum atomic E-state index is 11.5. The van der Waals surface area contributed by atoms with Gasteiger partial charge in [-0.05, 0) is 18.4 Å². The molecule has 1 rings (SSSR count). The lowest BCUT2D eigenvalue weighted by molar-refractivity contribution is 0.216. The Labute approximate surface area is 49.2 Å². The minimum absolute atomic E-state index is 0.0451. The van der Waals surface area contributed by atoms with Gasteiger partial charge in [-0.25, -0.2) is 0 Å². The predicted molar refractivity (Wildman–Crippen MR) is 30.1 cm³/mol. The van der Waals surface area contributed by atoms with E-state index in [1.807, 2.05) is 0 Å². The molecule has 0 N–H and O–H groups in total. The van der Waals surface area contributed by atoms with Gasteiger partial charge in [-0.1, -0.05) is 19.3 Å². The van der Waals surface area contributed by atoms with Crippen molar-refractivity contribution in [1.82, 2.24) is 5.54 Å². The van der Waals surface area contributed by atoms with E-state index in [0.29, 0.717) is 0 Å². The van der Waals surface area contributed by atoms with Crippen LogP contribution in [0.2, 0.25) is 0 Å². The normalized spacial score (nSPS) is 23.6. The molecule has 0 heterocycles. The largest absolute Gasteiger partial charge is 0.115 e. The van der Waals surface area contributed by atoms with Crippen molar-refractivity contribution in [2.75, 3.05) is 0 Å². The molecule has 0 atom stereocenters. The number of nitrogens with zero attached hydrogens (tertiary/aromatic N) is 1. The zero-order chi connectivity index (χ0) is 5.82. The molecule has 1 fully saturated rings. The van der Waals surface area contributed by atoms with Gasteiger partial charge < -0.3 is 0 Å². The Balaban J connectivity index is 2.13. The lowest BCUT2D eigenvalue weighted by Gasteiger charge is -2.15. The second-order valence-electron chi connectivity index (χ2n) is 2.39. The summed E-state index contributed by atoms with van der Waals surface area (Å²) in [6.07, 6.45) is 5.54. The van der Waals surface area contributed by atoms with Crippen LogP contribution < -0.4 is 5.54 Å². The van der Waals surface area contributed by atoms with E-state index in [9.17, 15) is 4.48 Å². The van der Waals surface area contributed by atoms with E-state index in [4.69, 9.17) is 0 Å². The molecule has 8 heavy (non-hydrogen) atoms. The fraction of sp³-hybridized carbons (Fsp3) is 1.00. The second kappa shape index (κ2) is 3.02. The van der Waals surface area contributed by atoms with E-state index in [2.05, 4.69) is 5.54 Å². The molecule has 0 spiro atoms. The average Bonchev–Trinajstić information content (AvgIpc) is 1.90. The fourth-order valence-corrected chi connectivity index (χ4v) is 1.18. The van der Waals surface area contributed by atoms with Crippen molar-refractivity contribution in [2.45, 2.75) is 38.1 Å². The summed E-state index contributed by atoms with van der Waals surface area (Å²) in [5, 5.41) is 0. The molecule has 1 radical (unpaired) electrons. The number of hydrogen-bond donors (Lipinski definition) is 0. The molecular formula is C6H11FN. The van der Waals surface area contributed by atoms with Gasteiger partial charge in [0, 0.05) is 0 Å². The summed E-state index contributed by atoms with van der Waals surface area (Å²) in [5.41, 5.74) is 2.75. The molecule has 47 valence electrons. The summed E-state index contributed by atoms with van der Waals surface area (Å²) in [5.74, 6) is 0. The van der Waals surface area contributed by atoms with E-state index in [1.54, 1.807) is 0 Å². The second-order valence-corrected chi connectivity index (χ2v) is 2.39. The maximum absolute atomic E-state index is 11.5. The minimum atomic E-state index is 0.0451. The van der Waals surface area contributed by atoms with Crippen LogP contribution in [0.4, 0.5) is 4.48 Å². The van der Waals surface area contributed by atoms with Gasteiger partial charge in [-0.3, -0.25) is 0 Å². The van der Waals surface area contributed by atoms with Gasteiger partial charge in [0.1, 0.15) is 0 Å². The van der Waals surface area contributed by atoms with Crippen LogP contribution in [0.15, 0.2) is 0 Å². The van der Waals surface area contributed by atoms with Crippen LogP contribution in [-0.2, 0) is 0 Å². The van der Waals surface area contributed by atoms with Crippen LogP contribution in [0.25, 0.3) is 0 Å². The fourth-order valence-electron chi connectivity index (χ4n) is 1.18. The lowest BCUT2D eigenvalue weighted by Crippen LogP contribution is -2.18. The third-order valence-electron chi connectivity index (χ3n) is 1.71. The van der Waals surface area contributed by atoms with Gasteiger partial charge in [0.2, 0.25) is 0 Å². The first kappa shape index (κ1) is 6.02. The van der Waals surface area contributed by atoms with Crippen LogP contribution in [0.1, 0.15) is 32.1 Å². The first-order valence-electron chi connectivity index (χ1n) is 3.24. The van der Waals surface area contributed by atoms with Gasteiger partial charge in [0.25, 0.3) is 0 Å². The molecule has 1 aliphatic carbocycles. The summed E-state index contributed by atoms with van der Waals surface area (Å²) in [7, 11) is 0. The topological polar surface area (TPSA) is 14.1 Å². The Kier molecular flexibility index (Phi) is 2.27. The van der Waals surface area contributed by atoms with Crippen LogP contribution in [-0.4, -0.2) is 6.04 Å². The lowest BCUT2D eigenvalue weighted by atomic mass is 9.96. The van der Waals surface area contributed by atoms with Crippen LogP contribution in [0.3, 0.4) is 0 Å². The van der Waals surface area contributed by atoms with Gasteiger partial charge in [0.05, 0.1) is 6.04 Å². The van der Waals surface area contributed by atoms with Crippen molar-refractivity contribution in [2.24, 2.45) is 0 Å². The highest BCUT2D eigenvalue weighted by molar-refractivity contribution is 4.67. The highest BCUT2D eigenvalue weighted by Crippen LogP contribution is 2.17. The van der Waals surface area contributed by atoms with Crippen molar-refractivity contribution in [1.29, 1.82) is 0 Å². The van der Waals surface area contributed by atoms with Crippen LogP contribution in [0, 0.1) is 0 Å². The molecule has 1 aliphatic rings. The predicted octanol–water partition coefficient (Wildman–Crippen LogP) is 1.81. The van der Waals surface area contributed by atoms with Gasteiger partial charge in [-0.15, -0.1) is 4.48 Å². The highest BCUT2D eigenvalue weighted by atomic mass is 19.2. The molecule has 1 nitrogen and oxygen atoms in total. The molecule has 0 aliphatic heterocycles. The van der Waals surface area contributed by atoms with Crippen LogP contribution in [0.5, 0.6) is 0 Å². The first-order valence-corrected chi connectivity index (χ1v) is 3.24. The molecule has 0 bridgehead atoms. The Hall–Kier alpha value is -0.110. The Bertz CT molecular complexity index is 59.5. The van der Waals surface area contributed by atoms with E-state index >= 15 is 0 Å². The molecule has 0 aromatic carbocycles. The van der Waals surface area contributed by atoms with Gasteiger partial charge >= 0.3 is 0 Å². The third-order valence-corrected chi connectivity index (χ3v) is 1.71. The molecular weight excluding hydrogens is 105 g/mol. The molecule has 0 saturated heterocycles. The summed E-state index contributed by atoms with van der Waals surface area (Å²) in [4.78, 5) is 0. The van der Waals surface area contributed by atoms with E-state index in [0.717, 1.165) is 25.7 Å². The van der Waals surface area contributed by atoms with Crippen molar-refractivity contribution in [3.8, 4) is 0 Å². The molecule has 0 aromatic rings. The Morgan fingerprint density at radius 1 is 1.12 bits per heavy atom. The molecule has 1 saturated carbocycles. The summed E-state index contributed by atoms with van der Waals surface area (Å²) >= 11 is 0. The Morgan fingerprint density at radius 3 is 2.12 bits per heavy atom. The minimum Gasteiger partial charge on any atom is -0.115 e. The van der Waals surface area contributed by atoms with E-state index in [1.165, 1.54) is 6.42 Å². The van der Waals surface area contributed by atoms with Gasteiger partial charge in [-0.2, -0.15) is 0 Å². The SMILES string of the molecule is F[N]C1CCCCC1. The molecule has 0 aromatic heterocycles. The molecule has 2 heteroatoms. The monoisotopic (exact) mass is 116 g/mol. The van der Waals surface area contributed by atoms with Crippen molar-refractivity contribution < 1.29 is 4.48 Å². The Morgan fingerprint density at radius 2 is 1.75 bits per heavy atom. The number of rotatable bonds is 1. The highest BCUT2D eigenvalue weighted by Gasteiger charge is 2.12. The standard InChI is InChI=1S/C6H11FN/c7-8-6-4-2-1-3-5-6/h6H,1-5H2. The summed E-state index contributed by atoms with van der Waals surface area (Å²) in [6.45, 7) is 0. The number of halogens is 1. The van der Waals surface area contributed by atoms with Crippen molar-refractivity contribution in [3.63, 3.8) is 0 Å². The number of hydrogen-bond acceptors (Lipinski definition) is 0. The first-order chi connectivity index (χ1) is 3.93. The van der Waals surface area contributed by atoms with Gasteiger partial charge in [0.15, 0.2) is 0 Å². The van der Waals surface area contributed by atoms with E-state index in [-0.39, 0.29) is 6.04 Å². The third kappa shape index (κ3) is 1.44. The zero-order valence-corrected chi connectivity index (χ0v) is 4.94.